The second kappa shape index (κ2) is 16.7. The van der Waals surface area contributed by atoms with E-state index in [-0.39, 0.29) is 22.6 Å². The number of benzene rings is 4. The number of hydrogen-bond donors (Lipinski definition) is 1. The number of methoxy groups -OCH3 is 2. The summed E-state index contributed by atoms with van der Waals surface area (Å²) >= 11 is 12.2. The van der Waals surface area contributed by atoms with Gasteiger partial charge in [0.25, 0.3) is 10.0 Å². The molecule has 0 saturated carbocycles. The van der Waals surface area contributed by atoms with Gasteiger partial charge in [0.15, 0.2) is 5.79 Å². The summed E-state index contributed by atoms with van der Waals surface area (Å²) in [7, 11) is -0.938. The Kier molecular flexibility index (Phi) is 12.5. The van der Waals surface area contributed by atoms with E-state index in [0.29, 0.717) is 29.6 Å². The Morgan fingerprint density at radius 1 is 0.878 bits per heavy atom. The number of guanidine groups is 1. The minimum atomic E-state index is -4.10. The lowest BCUT2D eigenvalue weighted by Crippen LogP contribution is -2.39. The molecule has 4 aromatic rings. The number of halogens is 3. The van der Waals surface area contributed by atoms with Crippen molar-refractivity contribution in [2.24, 2.45) is 9.50 Å². The molecular weight excluding hydrogens is 686 g/mol. The molecule has 0 spiro atoms. The van der Waals surface area contributed by atoms with Gasteiger partial charge in [0.1, 0.15) is 5.82 Å². The number of sulfonamides is 1. The van der Waals surface area contributed by atoms with Gasteiger partial charge in [-0.1, -0.05) is 90.6 Å². The molecule has 258 valence electrons. The summed E-state index contributed by atoms with van der Waals surface area (Å²) in [5.74, 6) is -1.30. The average Bonchev–Trinajstić information content (AvgIpc) is 3.56. The van der Waals surface area contributed by atoms with Crippen LogP contribution in [0.3, 0.4) is 0 Å². The van der Waals surface area contributed by atoms with E-state index in [1.165, 1.54) is 36.4 Å². The largest absolute Gasteiger partial charge is 0.354 e. The van der Waals surface area contributed by atoms with Crippen LogP contribution >= 0.6 is 23.2 Å². The van der Waals surface area contributed by atoms with E-state index < -0.39 is 15.8 Å². The van der Waals surface area contributed by atoms with Crippen LogP contribution in [0.4, 0.5) is 4.39 Å². The Morgan fingerprint density at radius 3 is 2.12 bits per heavy atom. The third-order valence-corrected chi connectivity index (χ3v) is 10.3. The summed E-state index contributed by atoms with van der Waals surface area (Å²) in [4.78, 5) is 0.0258. The third kappa shape index (κ3) is 9.26. The zero-order valence-corrected chi connectivity index (χ0v) is 29.7. The lowest BCUT2D eigenvalue weighted by Gasteiger charge is -2.31. The summed E-state index contributed by atoms with van der Waals surface area (Å²) in [5, 5.41) is 10.9. The van der Waals surface area contributed by atoms with Crippen molar-refractivity contribution in [2.75, 3.05) is 27.3 Å². The number of hydrazone groups is 1. The second-order valence-electron chi connectivity index (χ2n) is 11.6. The van der Waals surface area contributed by atoms with Crippen LogP contribution < -0.4 is 5.32 Å². The minimum Gasteiger partial charge on any atom is -0.354 e. The van der Waals surface area contributed by atoms with Crippen LogP contribution in [0.25, 0.3) is 0 Å². The minimum absolute atomic E-state index is 0.0258. The van der Waals surface area contributed by atoms with Crippen molar-refractivity contribution >= 4 is 44.9 Å². The highest BCUT2D eigenvalue weighted by molar-refractivity contribution is 7.90. The molecule has 1 aliphatic heterocycles. The predicted octanol–water partition coefficient (Wildman–Crippen LogP) is 8.37. The van der Waals surface area contributed by atoms with Gasteiger partial charge < -0.3 is 14.8 Å². The molecule has 1 N–H and O–H groups in total. The topological polar surface area (TPSA) is 92.6 Å². The molecule has 12 heteroatoms. The molecule has 1 aliphatic rings. The van der Waals surface area contributed by atoms with Crippen LogP contribution in [0.2, 0.25) is 10.0 Å². The monoisotopic (exact) mass is 724 g/mol. The summed E-state index contributed by atoms with van der Waals surface area (Å²) in [6.45, 7) is 0.842. The smallest absolute Gasteiger partial charge is 0.285 e. The van der Waals surface area contributed by atoms with Crippen molar-refractivity contribution < 1.29 is 22.3 Å². The maximum atomic E-state index is 13.5. The van der Waals surface area contributed by atoms with E-state index in [1.807, 2.05) is 54.6 Å². The number of nitrogens with one attached hydrogen (secondary N) is 1. The Hall–Kier alpha value is -3.80. The molecule has 1 unspecified atom stereocenters. The maximum Gasteiger partial charge on any atom is 0.285 e. The Labute approximate surface area is 297 Å². The predicted molar refractivity (Wildman–Crippen MR) is 193 cm³/mol. The fourth-order valence-electron chi connectivity index (χ4n) is 5.81. The Balaban J connectivity index is 1.32. The molecular formula is C37H39Cl2FN4O4S. The number of ether oxygens (including phenoxy) is 2. The van der Waals surface area contributed by atoms with Crippen LogP contribution in [0.15, 0.2) is 118 Å². The molecule has 0 radical (unpaired) electrons. The fraction of sp³-hybridized carbons (Fsp3) is 0.297. The average molecular weight is 726 g/mol. The molecule has 49 heavy (non-hydrogen) atoms. The standard InChI is InChI=1S/C37H39Cl2FN4O4S/c1-47-37(48-2,29-14-20-32(40)21-15-29)24-8-3-4-9-25-41-36(43-49(45,46)33-22-18-31(39)19-23-33)44-26-34(27-10-6-5-7-11-27)35(42-44)28-12-16-30(38)17-13-28/h5-7,10-23,34H,3-4,8-9,24-26H2,1-2H3,(H,41,43). The SMILES string of the molecule is COC(CCCCCCNC(=NS(=O)(=O)c1ccc(Cl)cc1)N1CC(c2ccccc2)C(c2ccc(Cl)cc2)=N1)(OC)c1ccc(F)cc1. The van der Waals surface area contributed by atoms with Crippen molar-refractivity contribution in [3.63, 3.8) is 0 Å². The van der Waals surface area contributed by atoms with Crippen LogP contribution in [-0.2, 0) is 25.3 Å². The summed E-state index contributed by atoms with van der Waals surface area (Å²) in [6, 6.07) is 29.5. The van der Waals surface area contributed by atoms with Crippen molar-refractivity contribution in [3.8, 4) is 0 Å². The van der Waals surface area contributed by atoms with Gasteiger partial charge >= 0.3 is 0 Å². The highest BCUT2D eigenvalue weighted by Crippen LogP contribution is 2.33. The van der Waals surface area contributed by atoms with Gasteiger partial charge in [-0.2, -0.15) is 13.5 Å². The zero-order chi connectivity index (χ0) is 34.9. The van der Waals surface area contributed by atoms with Crippen LogP contribution in [0.5, 0.6) is 0 Å². The first kappa shape index (κ1) is 36.5. The lowest BCUT2D eigenvalue weighted by atomic mass is 9.91. The Bertz CT molecular complexity index is 1840. The first-order valence-electron chi connectivity index (χ1n) is 16.0. The summed E-state index contributed by atoms with van der Waals surface area (Å²) < 4.78 is 56.3. The van der Waals surface area contributed by atoms with Crippen molar-refractivity contribution in [1.29, 1.82) is 0 Å². The first-order valence-corrected chi connectivity index (χ1v) is 18.2. The van der Waals surface area contributed by atoms with Gasteiger partial charge in [-0.3, -0.25) is 0 Å². The molecule has 0 amide bonds. The molecule has 0 fully saturated rings. The van der Waals surface area contributed by atoms with Gasteiger partial charge in [-0.25, -0.2) is 9.40 Å². The van der Waals surface area contributed by atoms with Gasteiger partial charge in [-0.05, 0) is 72.5 Å². The number of rotatable bonds is 14. The summed E-state index contributed by atoms with van der Waals surface area (Å²) in [6.07, 6.45) is 3.84. The van der Waals surface area contributed by atoms with Gasteiger partial charge in [0, 0.05) is 48.7 Å². The van der Waals surface area contributed by atoms with Crippen LogP contribution in [0.1, 0.15) is 54.7 Å². The summed E-state index contributed by atoms with van der Waals surface area (Å²) in [5.41, 5.74) is 3.45. The second-order valence-corrected chi connectivity index (χ2v) is 14.1. The number of hydrogen-bond acceptors (Lipinski definition) is 5. The third-order valence-electron chi connectivity index (χ3n) is 8.48. The van der Waals surface area contributed by atoms with Crippen molar-refractivity contribution in [3.05, 3.63) is 136 Å². The molecule has 1 atom stereocenters. The van der Waals surface area contributed by atoms with Crippen LogP contribution in [0, 0.1) is 5.82 Å². The maximum absolute atomic E-state index is 13.5. The molecule has 8 nitrogen and oxygen atoms in total. The quantitative estimate of drug-likeness (QED) is 0.0608. The Morgan fingerprint density at radius 2 is 1.49 bits per heavy atom. The van der Waals surface area contributed by atoms with Crippen molar-refractivity contribution in [2.45, 2.75) is 48.7 Å². The van der Waals surface area contributed by atoms with Gasteiger partial charge in [0.2, 0.25) is 5.96 Å². The molecule has 0 bridgehead atoms. The van der Waals surface area contributed by atoms with Gasteiger partial charge in [0.05, 0.1) is 17.2 Å². The molecule has 0 aliphatic carbocycles. The molecule has 0 aromatic heterocycles. The molecule has 4 aromatic carbocycles. The molecule has 1 heterocycles. The first-order chi connectivity index (χ1) is 23.6. The molecule has 5 rings (SSSR count). The van der Waals surface area contributed by atoms with Crippen molar-refractivity contribution in [1.82, 2.24) is 10.3 Å². The number of unbranched alkanes of at least 4 members (excludes halogenated alkanes) is 3. The van der Waals surface area contributed by atoms with E-state index in [4.69, 9.17) is 37.8 Å². The highest BCUT2D eigenvalue weighted by Gasteiger charge is 2.33. The van der Waals surface area contributed by atoms with E-state index in [0.717, 1.165) is 48.1 Å². The van der Waals surface area contributed by atoms with E-state index >= 15 is 0 Å². The number of nitrogens with zero attached hydrogens (tertiary/aromatic N) is 3. The van der Waals surface area contributed by atoms with E-state index in [1.54, 1.807) is 31.4 Å². The lowest BCUT2D eigenvalue weighted by molar-refractivity contribution is -0.221. The normalized spacial score (nSPS) is 15.4. The molecule has 0 saturated heterocycles. The van der Waals surface area contributed by atoms with E-state index in [9.17, 15) is 12.8 Å². The highest BCUT2D eigenvalue weighted by atomic mass is 35.5. The van der Waals surface area contributed by atoms with Gasteiger partial charge in [-0.15, -0.1) is 4.40 Å². The fourth-order valence-corrected chi connectivity index (χ4v) is 7.04. The van der Waals surface area contributed by atoms with E-state index in [2.05, 4.69) is 9.71 Å². The zero-order valence-electron chi connectivity index (χ0n) is 27.4. The van der Waals surface area contributed by atoms with Crippen LogP contribution in [-0.4, -0.2) is 52.4 Å².